The monoisotopic (exact) mass is 561 g/mol. The summed E-state index contributed by atoms with van der Waals surface area (Å²) in [4.78, 5) is 18.2. The van der Waals surface area contributed by atoms with Crippen molar-refractivity contribution in [2.45, 2.75) is 70.7 Å². The number of nitrogens with zero attached hydrogens (tertiary/aromatic N) is 2. The van der Waals surface area contributed by atoms with Gasteiger partial charge in [-0.2, -0.15) is 0 Å². The molecule has 2 heterocycles. The molecule has 0 saturated carbocycles. The summed E-state index contributed by atoms with van der Waals surface area (Å²) >= 11 is 6.26. The third kappa shape index (κ3) is 5.85. The van der Waals surface area contributed by atoms with Crippen molar-refractivity contribution in [2.24, 2.45) is 5.73 Å². The van der Waals surface area contributed by atoms with Crippen molar-refractivity contribution in [3.63, 3.8) is 0 Å². The van der Waals surface area contributed by atoms with E-state index in [4.69, 9.17) is 26.8 Å². The van der Waals surface area contributed by atoms with Gasteiger partial charge in [0, 0.05) is 29.3 Å². The Balaban J connectivity index is 1.54. The molecule has 0 radical (unpaired) electrons. The average molecular weight is 562 g/mol. The van der Waals surface area contributed by atoms with Gasteiger partial charge >= 0.3 is 0 Å². The number of carbonyl (C=O) groups excluding carboxylic acids is 1. The minimum atomic E-state index is -0.331. The second kappa shape index (κ2) is 12.2. The minimum Gasteiger partial charge on any atom is -0.493 e. The van der Waals surface area contributed by atoms with Crippen LogP contribution in [0.3, 0.4) is 0 Å². The van der Waals surface area contributed by atoms with Gasteiger partial charge in [0.15, 0.2) is 11.5 Å². The third-order valence-electron chi connectivity index (χ3n) is 8.37. The molecule has 0 bridgehead atoms. The number of methoxy groups -OCH3 is 1. The van der Waals surface area contributed by atoms with E-state index in [1.807, 2.05) is 42.2 Å². The van der Waals surface area contributed by atoms with Gasteiger partial charge in [0.1, 0.15) is 0 Å². The Morgan fingerprint density at radius 3 is 2.42 bits per heavy atom. The highest BCUT2D eigenvalue weighted by Gasteiger charge is 2.36. The molecule has 1 amide bonds. The van der Waals surface area contributed by atoms with E-state index >= 15 is 0 Å². The average Bonchev–Trinajstić information content (AvgIpc) is 2.96. The molecule has 1 saturated heterocycles. The van der Waals surface area contributed by atoms with Crippen molar-refractivity contribution < 1.29 is 14.3 Å². The lowest BCUT2D eigenvalue weighted by Crippen LogP contribution is -2.43. The normalized spacial score (nSPS) is 21.1. The molecule has 2 aliphatic heterocycles. The molecule has 3 aromatic rings. The molecule has 2 aliphatic rings. The van der Waals surface area contributed by atoms with Crippen molar-refractivity contribution in [1.82, 2.24) is 4.90 Å². The number of benzene rings is 3. The van der Waals surface area contributed by atoms with Crippen LogP contribution < -0.4 is 20.1 Å². The molecule has 7 heteroatoms. The summed E-state index contributed by atoms with van der Waals surface area (Å²) in [6.07, 6.45) is 3.40. The van der Waals surface area contributed by atoms with Crippen LogP contribution in [0.25, 0.3) is 0 Å². The molecule has 3 aromatic carbocycles. The van der Waals surface area contributed by atoms with Gasteiger partial charge in [0.2, 0.25) is 5.91 Å². The molecule has 1 fully saturated rings. The lowest BCUT2D eigenvalue weighted by atomic mass is 9.86. The van der Waals surface area contributed by atoms with Gasteiger partial charge in [-0.15, -0.1) is 0 Å². The quantitative estimate of drug-likeness (QED) is 0.332. The summed E-state index contributed by atoms with van der Waals surface area (Å²) in [5.41, 5.74) is 11.3. The van der Waals surface area contributed by atoms with Crippen molar-refractivity contribution in [3.8, 4) is 11.5 Å². The number of fused-ring (bicyclic) bond motifs is 1. The van der Waals surface area contributed by atoms with Crippen LogP contribution in [0, 0.1) is 0 Å². The van der Waals surface area contributed by atoms with E-state index in [2.05, 4.69) is 49.1 Å². The number of piperidine rings is 1. The Morgan fingerprint density at radius 2 is 1.77 bits per heavy atom. The number of hydrogen-bond donors (Lipinski definition) is 1. The first kappa shape index (κ1) is 28.5. The van der Waals surface area contributed by atoms with Crippen LogP contribution in [0.15, 0.2) is 60.7 Å². The lowest BCUT2D eigenvalue weighted by molar-refractivity contribution is -0.118. The molecule has 4 atom stereocenters. The van der Waals surface area contributed by atoms with Crippen LogP contribution in [0.4, 0.5) is 5.69 Å². The van der Waals surface area contributed by atoms with Crippen LogP contribution in [-0.2, 0) is 11.2 Å². The lowest BCUT2D eigenvalue weighted by Gasteiger charge is -2.39. The van der Waals surface area contributed by atoms with Gasteiger partial charge in [0.05, 0.1) is 25.7 Å². The molecule has 6 nitrogen and oxygen atoms in total. The van der Waals surface area contributed by atoms with E-state index in [9.17, 15) is 4.79 Å². The number of hydrogen-bond acceptors (Lipinski definition) is 5. The summed E-state index contributed by atoms with van der Waals surface area (Å²) < 4.78 is 11.9. The first-order chi connectivity index (χ1) is 19.3. The van der Waals surface area contributed by atoms with E-state index in [1.54, 1.807) is 7.11 Å². The topological polar surface area (TPSA) is 68.0 Å². The van der Waals surface area contributed by atoms with E-state index in [0.29, 0.717) is 16.5 Å². The number of anilines is 1. The maximum absolute atomic E-state index is 13.8. The second-order valence-electron chi connectivity index (χ2n) is 11.1. The summed E-state index contributed by atoms with van der Waals surface area (Å²) in [6, 6.07) is 20.4. The SMILES string of the molecule is CC[C@@H](C)Oc1cc2c(cc1OC)CC(=O)N(c1ccc(C(C)N3CCC[C@H](N)C3)cc1)C2c1ccc(Cl)cc1. The van der Waals surface area contributed by atoms with E-state index < -0.39 is 0 Å². The number of nitrogens with two attached hydrogens (primary N) is 1. The Bertz CT molecular complexity index is 1330. The first-order valence-electron chi connectivity index (χ1n) is 14.3. The fraction of sp³-hybridized carbons (Fsp3) is 0.424. The predicted octanol–water partition coefficient (Wildman–Crippen LogP) is 6.69. The molecule has 0 spiro atoms. The maximum atomic E-state index is 13.8. The van der Waals surface area contributed by atoms with Crippen molar-refractivity contribution in [2.75, 3.05) is 25.1 Å². The summed E-state index contributed by atoms with van der Waals surface area (Å²) in [6.45, 7) is 8.34. The third-order valence-corrected chi connectivity index (χ3v) is 8.62. The van der Waals surface area contributed by atoms with Crippen LogP contribution in [0.1, 0.15) is 74.4 Å². The highest BCUT2D eigenvalue weighted by molar-refractivity contribution is 6.30. The molecule has 212 valence electrons. The molecule has 2 N–H and O–H groups in total. The number of amides is 1. The smallest absolute Gasteiger partial charge is 0.232 e. The van der Waals surface area contributed by atoms with Gasteiger partial charge in [-0.1, -0.05) is 42.8 Å². The van der Waals surface area contributed by atoms with Crippen LogP contribution in [0.5, 0.6) is 11.5 Å². The standard InChI is InChI=1S/C33H40ClN3O3/c1-5-21(2)40-31-19-29-25(17-30(31)39-4)18-32(38)37(33(29)24-8-12-26(34)13-9-24)28-14-10-23(11-15-28)22(3)36-16-6-7-27(35)20-36/h8-15,17,19,21-22,27,33H,5-7,16,18,20,35H2,1-4H3/t21-,22?,27+,33?/m1/s1. The van der Waals surface area contributed by atoms with E-state index in [0.717, 1.165) is 54.7 Å². The Kier molecular flexibility index (Phi) is 8.69. The van der Waals surface area contributed by atoms with E-state index in [-0.39, 0.29) is 36.6 Å². The molecule has 0 aromatic heterocycles. The summed E-state index contributed by atoms with van der Waals surface area (Å²) in [5.74, 6) is 1.37. The molecule has 2 unspecified atom stereocenters. The van der Waals surface area contributed by atoms with Crippen molar-refractivity contribution >= 4 is 23.2 Å². The second-order valence-corrected chi connectivity index (χ2v) is 11.5. The van der Waals surface area contributed by atoms with Crippen LogP contribution in [-0.4, -0.2) is 43.2 Å². The Hall–Kier alpha value is -3.06. The number of rotatable bonds is 8. The van der Waals surface area contributed by atoms with Crippen LogP contribution >= 0.6 is 11.6 Å². The zero-order chi connectivity index (χ0) is 28.4. The van der Waals surface area contributed by atoms with Crippen molar-refractivity contribution in [1.29, 1.82) is 0 Å². The molecule has 0 aliphatic carbocycles. The van der Waals surface area contributed by atoms with Gasteiger partial charge in [-0.3, -0.25) is 9.69 Å². The van der Waals surface area contributed by atoms with Crippen LogP contribution in [0.2, 0.25) is 5.02 Å². The van der Waals surface area contributed by atoms with Crippen molar-refractivity contribution in [3.05, 3.63) is 87.9 Å². The number of likely N-dealkylation sites (tertiary alicyclic amines) is 1. The fourth-order valence-corrected chi connectivity index (χ4v) is 6.02. The number of carbonyl (C=O) groups is 1. The van der Waals surface area contributed by atoms with Gasteiger partial charge in [-0.05, 0) is 98.3 Å². The van der Waals surface area contributed by atoms with Gasteiger partial charge < -0.3 is 20.1 Å². The predicted molar refractivity (Wildman–Crippen MR) is 161 cm³/mol. The largest absolute Gasteiger partial charge is 0.493 e. The zero-order valence-electron chi connectivity index (χ0n) is 23.9. The van der Waals surface area contributed by atoms with E-state index in [1.165, 1.54) is 5.56 Å². The Labute approximate surface area is 243 Å². The minimum absolute atomic E-state index is 0.0336. The molecular formula is C33H40ClN3O3. The number of halogens is 1. The number of ether oxygens (including phenoxy) is 2. The highest BCUT2D eigenvalue weighted by Crippen LogP contribution is 2.44. The molecular weight excluding hydrogens is 522 g/mol. The Morgan fingerprint density at radius 1 is 1.05 bits per heavy atom. The summed E-state index contributed by atoms with van der Waals surface area (Å²) in [7, 11) is 1.64. The molecule has 5 rings (SSSR count). The highest BCUT2D eigenvalue weighted by atomic mass is 35.5. The van der Waals surface area contributed by atoms with Gasteiger partial charge in [-0.25, -0.2) is 0 Å². The molecule has 40 heavy (non-hydrogen) atoms. The first-order valence-corrected chi connectivity index (χ1v) is 14.7. The zero-order valence-corrected chi connectivity index (χ0v) is 24.7. The van der Waals surface area contributed by atoms with Gasteiger partial charge in [0.25, 0.3) is 0 Å². The summed E-state index contributed by atoms with van der Waals surface area (Å²) in [5, 5.41) is 0.656. The maximum Gasteiger partial charge on any atom is 0.232 e. The fourth-order valence-electron chi connectivity index (χ4n) is 5.89.